The van der Waals surface area contributed by atoms with E-state index in [0.717, 1.165) is 22.9 Å². The molecule has 0 bridgehead atoms. The predicted molar refractivity (Wildman–Crippen MR) is 65.4 cm³/mol. The summed E-state index contributed by atoms with van der Waals surface area (Å²) in [6.07, 6.45) is 1.77. The molecular formula is C11H16N4S. The molecule has 0 saturated carbocycles. The quantitative estimate of drug-likeness (QED) is 0.856. The minimum absolute atomic E-state index is 0.328. The van der Waals surface area contributed by atoms with Gasteiger partial charge in [0, 0.05) is 29.4 Å². The number of hydrogen-bond donors (Lipinski definition) is 2. The highest BCUT2D eigenvalue weighted by Gasteiger charge is 2.12. The fourth-order valence-corrected chi connectivity index (χ4v) is 2.64. The molecule has 0 radical (unpaired) electrons. The van der Waals surface area contributed by atoms with Gasteiger partial charge in [-0.15, -0.1) is 11.3 Å². The fourth-order valence-electron chi connectivity index (χ4n) is 1.69. The Hall–Kier alpha value is -1.20. The number of nitrogens with one attached hydrogen (secondary N) is 2. The Morgan fingerprint density at radius 3 is 2.88 bits per heavy atom. The Kier molecular flexibility index (Phi) is 3.36. The molecule has 0 aliphatic carbocycles. The Morgan fingerprint density at radius 2 is 2.31 bits per heavy atom. The van der Waals surface area contributed by atoms with E-state index in [1.54, 1.807) is 17.5 Å². The van der Waals surface area contributed by atoms with Crippen LogP contribution in [-0.2, 0) is 6.54 Å². The van der Waals surface area contributed by atoms with E-state index in [1.807, 2.05) is 13.0 Å². The zero-order valence-electron chi connectivity index (χ0n) is 9.74. The van der Waals surface area contributed by atoms with Crippen molar-refractivity contribution in [3.63, 3.8) is 0 Å². The number of hydrogen-bond acceptors (Lipinski definition) is 4. The topological polar surface area (TPSA) is 53.6 Å². The average molecular weight is 236 g/mol. The van der Waals surface area contributed by atoms with Crippen molar-refractivity contribution in [3.05, 3.63) is 33.5 Å². The standard InChI is InChI=1S/C11H16N4S/c1-7(11-8(2)14-9(3)16-11)12-6-10-4-5-13-15-10/h4-5,7,12H,6H2,1-3H3,(H,13,15). The van der Waals surface area contributed by atoms with Gasteiger partial charge >= 0.3 is 0 Å². The van der Waals surface area contributed by atoms with Gasteiger partial charge in [0.05, 0.1) is 10.7 Å². The summed E-state index contributed by atoms with van der Waals surface area (Å²) in [5, 5.41) is 11.4. The molecular weight excluding hydrogens is 220 g/mol. The van der Waals surface area contributed by atoms with Crippen LogP contribution in [0.25, 0.3) is 0 Å². The van der Waals surface area contributed by atoms with E-state index in [2.05, 4.69) is 34.3 Å². The fraction of sp³-hybridized carbons (Fsp3) is 0.455. The maximum absolute atomic E-state index is 4.44. The van der Waals surface area contributed by atoms with Gasteiger partial charge in [-0.05, 0) is 26.8 Å². The van der Waals surface area contributed by atoms with Crippen molar-refractivity contribution in [2.75, 3.05) is 0 Å². The Labute approximate surface area is 99.1 Å². The van der Waals surface area contributed by atoms with Crippen molar-refractivity contribution < 1.29 is 0 Å². The third-order valence-corrected chi connectivity index (χ3v) is 3.75. The van der Waals surface area contributed by atoms with Crippen LogP contribution in [0, 0.1) is 13.8 Å². The van der Waals surface area contributed by atoms with Gasteiger partial charge in [-0.3, -0.25) is 5.10 Å². The van der Waals surface area contributed by atoms with Crippen LogP contribution in [0.5, 0.6) is 0 Å². The van der Waals surface area contributed by atoms with E-state index in [0.29, 0.717) is 6.04 Å². The molecule has 2 heterocycles. The lowest BCUT2D eigenvalue weighted by molar-refractivity contribution is 0.571. The molecule has 5 heteroatoms. The van der Waals surface area contributed by atoms with Gasteiger partial charge in [0.1, 0.15) is 0 Å². The molecule has 0 amide bonds. The normalized spacial score (nSPS) is 12.9. The minimum Gasteiger partial charge on any atom is -0.304 e. The molecule has 0 spiro atoms. The highest BCUT2D eigenvalue weighted by atomic mass is 32.1. The molecule has 0 aromatic carbocycles. The summed E-state index contributed by atoms with van der Waals surface area (Å²) < 4.78 is 0. The Balaban J connectivity index is 1.98. The first-order chi connectivity index (χ1) is 7.66. The second-order valence-electron chi connectivity index (χ2n) is 3.87. The van der Waals surface area contributed by atoms with E-state index in [1.165, 1.54) is 4.88 Å². The van der Waals surface area contributed by atoms with Crippen LogP contribution in [0.4, 0.5) is 0 Å². The van der Waals surface area contributed by atoms with Crippen molar-refractivity contribution in [1.82, 2.24) is 20.5 Å². The highest BCUT2D eigenvalue weighted by Crippen LogP contribution is 2.24. The number of nitrogens with zero attached hydrogens (tertiary/aromatic N) is 2. The lowest BCUT2D eigenvalue weighted by atomic mass is 10.2. The molecule has 0 aliphatic heterocycles. The Bertz CT molecular complexity index is 447. The first kappa shape index (κ1) is 11.3. The molecule has 2 aromatic heterocycles. The summed E-state index contributed by atoms with van der Waals surface area (Å²) in [7, 11) is 0. The first-order valence-electron chi connectivity index (χ1n) is 5.32. The zero-order chi connectivity index (χ0) is 11.5. The molecule has 16 heavy (non-hydrogen) atoms. The molecule has 2 N–H and O–H groups in total. The summed E-state index contributed by atoms with van der Waals surface area (Å²) in [6, 6.07) is 2.30. The molecule has 2 aromatic rings. The first-order valence-corrected chi connectivity index (χ1v) is 6.14. The summed E-state index contributed by atoms with van der Waals surface area (Å²) >= 11 is 1.76. The van der Waals surface area contributed by atoms with Gasteiger partial charge in [-0.1, -0.05) is 0 Å². The van der Waals surface area contributed by atoms with Gasteiger partial charge in [-0.2, -0.15) is 5.10 Å². The van der Waals surface area contributed by atoms with Crippen molar-refractivity contribution >= 4 is 11.3 Å². The van der Waals surface area contributed by atoms with E-state index in [-0.39, 0.29) is 0 Å². The van der Waals surface area contributed by atoms with Crippen LogP contribution in [0.2, 0.25) is 0 Å². The number of H-pyrrole nitrogens is 1. The third kappa shape index (κ3) is 2.48. The van der Waals surface area contributed by atoms with Crippen LogP contribution in [0.1, 0.15) is 34.2 Å². The van der Waals surface area contributed by atoms with Crippen molar-refractivity contribution in [3.8, 4) is 0 Å². The summed E-state index contributed by atoms with van der Waals surface area (Å²) in [5.74, 6) is 0. The highest BCUT2D eigenvalue weighted by molar-refractivity contribution is 7.11. The molecule has 2 rings (SSSR count). The maximum Gasteiger partial charge on any atom is 0.0900 e. The molecule has 4 nitrogen and oxygen atoms in total. The summed E-state index contributed by atoms with van der Waals surface area (Å²) in [4.78, 5) is 5.75. The monoisotopic (exact) mass is 236 g/mol. The van der Waals surface area contributed by atoms with Crippen molar-refractivity contribution in [2.24, 2.45) is 0 Å². The van der Waals surface area contributed by atoms with Gasteiger partial charge in [-0.25, -0.2) is 4.98 Å². The number of aromatic amines is 1. The number of rotatable bonds is 4. The lowest BCUT2D eigenvalue weighted by Gasteiger charge is -2.11. The second-order valence-corrected chi connectivity index (χ2v) is 5.10. The van der Waals surface area contributed by atoms with E-state index in [9.17, 15) is 0 Å². The van der Waals surface area contributed by atoms with Crippen LogP contribution in [0.3, 0.4) is 0 Å². The summed E-state index contributed by atoms with van der Waals surface area (Å²) in [6.45, 7) is 7.07. The van der Waals surface area contributed by atoms with Crippen LogP contribution in [0.15, 0.2) is 12.3 Å². The molecule has 0 aliphatic rings. The second kappa shape index (κ2) is 4.76. The van der Waals surface area contributed by atoms with Gasteiger partial charge in [0.15, 0.2) is 0 Å². The third-order valence-electron chi connectivity index (χ3n) is 2.49. The lowest BCUT2D eigenvalue weighted by Crippen LogP contribution is -2.18. The van der Waals surface area contributed by atoms with Crippen LogP contribution < -0.4 is 5.32 Å². The molecule has 0 saturated heterocycles. The molecule has 86 valence electrons. The van der Waals surface area contributed by atoms with Crippen molar-refractivity contribution in [1.29, 1.82) is 0 Å². The number of thiazole rings is 1. The zero-order valence-corrected chi connectivity index (χ0v) is 10.6. The smallest absolute Gasteiger partial charge is 0.0900 e. The molecule has 1 atom stereocenters. The largest absolute Gasteiger partial charge is 0.304 e. The van der Waals surface area contributed by atoms with Crippen molar-refractivity contribution in [2.45, 2.75) is 33.4 Å². The van der Waals surface area contributed by atoms with E-state index < -0.39 is 0 Å². The van der Waals surface area contributed by atoms with Gasteiger partial charge in [0.2, 0.25) is 0 Å². The SMILES string of the molecule is Cc1nc(C)c(C(C)NCc2ccn[nH]2)s1. The summed E-state index contributed by atoms with van der Waals surface area (Å²) in [5.41, 5.74) is 2.23. The predicted octanol–water partition coefficient (Wildman–Crippen LogP) is 2.33. The van der Waals surface area contributed by atoms with Gasteiger partial charge in [0.25, 0.3) is 0 Å². The van der Waals surface area contributed by atoms with Crippen LogP contribution in [-0.4, -0.2) is 15.2 Å². The van der Waals surface area contributed by atoms with E-state index in [4.69, 9.17) is 0 Å². The minimum atomic E-state index is 0.328. The maximum atomic E-state index is 4.44. The van der Waals surface area contributed by atoms with E-state index >= 15 is 0 Å². The Morgan fingerprint density at radius 1 is 1.50 bits per heavy atom. The average Bonchev–Trinajstić information content (AvgIpc) is 2.84. The molecule has 0 fully saturated rings. The number of aromatic nitrogens is 3. The number of aryl methyl sites for hydroxylation is 2. The van der Waals surface area contributed by atoms with Crippen LogP contribution >= 0.6 is 11.3 Å². The van der Waals surface area contributed by atoms with Gasteiger partial charge < -0.3 is 5.32 Å². The molecule has 1 unspecified atom stereocenters.